The van der Waals surface area contributed by atoms with E-state index in [1.807, 2.05) is 4.57 Å². The molecular weight excluding hydrogens is 404 g/mol. The van der Waals surface area contributed by atoms with Crippen molar-refractivity contribution >= 4 is 22.8 Å². The molecule has 1 saturated heterocycles. The minimum atomic E-state index is -0.0154. The lowest BCUT2D eigenvalue weighted by atomic mass is 9.89. The van der Waals surface area contributed by atoms with E-state index in [0.29, 0.717) is 17.5 Å². The molecule has 3 aromatic rings. The summed E-state index contributed by atoms with van der Waals surface area (Å²) in [5, 5.41) is 3.32. The van der Waals surface area contributed by atoms with Gasteiger partial charge in [-0.15, -0.1) is 0 Å². The van der Waals surface area contributed by atoms with Crippen LogP contribution in [-0.4, -0.2) is 51.2 Å². The smallest absolute Gasteiger partial charge is 0.330 e. The molecule has 0 amide bonds. The van der Waals surface area contributed by atoms with Crippen molar-refractivity contribution in [3.8, 4) is 5.75 Å². The van der Waals surface area contributed by atoms with Gasteiger partial charge in [0.2, 0.25) is 5.95 Å². The van der Waals surface area contributed by atoms with Crippen molar-refractivity contribution in [2.24, 2.45) is 7.05 Å². The zero-order valence-corrected chi connectivity index (χ0v) is 19.2. The predicted molar refractivity (Wildman–Crippen MR) is 126 cm³/mol. The molecule has 2 fully saturated rings. The fourth-order valence-corrected chi connectivity index (χ4v) is 5.21. The van der Waals surface area contributed by atoms with E-state index in [9.17, 15) is 4.79 Å². The van der Waals surface area contributed by atoms with E-state index >= 15 is 0 Å². The van der Waals surface area contributed by atoms with Crippen LogP contribution in [0, 0.1) is 0 Å². The number of fused-ring (bicyclic) bond motifs is 1. The summed E-state index contributed by atoms with van der Waals surface area (Å²) in [6.45, 7) is 2.25. The molecule has 8 nitrogen and oxygen atoms in total. The number of hydrogen-bond donors (Lipinski definition) is 1. The van der Waals surface area contributed by atoms with Crippen LogP contribution in [-0.2, 0) is 7.05 Å². The van der Waals surface area contributed by atoms with Crippen molar-refractivity contribution in [2.75, 3.05) is 32.6 Å². The number of imidazole rings is 1. The van der Waals surface area contributed by atoms with E-state index in [-0.39, 0.29) is 11.7 Å². The number of nitrogens with zero attached hydrogens (tertiary/aromatic N) is 5. The lowest BCUT2D eigenvalue weighted by Gasteiger charge is -2.29. The molecule has 1 aliphatic carbocycles. The Morgan fingerprint density at radius 1 is 1.09 bits per heavy atom. The summed E-state index contributed by atoms with van der Waals surface area (Å²) < 4.78 is 9.20. The molecule has 0 bridgehead atoms. The number of hydrogen-bond acceptors (Lipinski definition) is 6. The van der Waals surface area contributed by atoms with E-state index in [1.54, 1.807) is 24.9 Å². The Morgan fingerprint density at radius 3 is 2.56 bits per heavy atom. The Balaban J connectivity index is 1.45. The predicted octanol–water partition coefficient (Wildman–Crippen LogP) is 3.81. The van der Waals surface area contributed by atoms with E-state index < -0.39 is 0 Å². The van der Waals surface area contributed by atoms with Crippen LogP contribution in [0.1, 0.15) is 56.0 Å². The number of methoxy groups -OCH3 is 1. The fourth-order valence-electron chi connectivity index (χ4n) is 5.21. The molecule has 1 aliphatic heterocycles. The minimum absolute atomic E-state index is 0.0154. The van der Waals surface area contributed by atoms with Crippen LogP contribution in [0.25, 0.3) is 11.2 Å². The van der Waals surface area contributed by atoms with Gasteiger partial charge < -0.3 is 15.0 Å². The van der Waals surface area contributed by atoms with Gasteiger partial charge >= 0.3 is 5.69 Å². The third-order valence-electron chi connectivity index (χ3n) is 7.18. The molecule has 2 aromatic heterocycles. The van der Waals surface area contributed by atoms with Gasteiger partial charge in [0.05, 0.1) is 19.0 Å². The monoisotopic (exact) mass is 436 g/mol. The quantitative estimate of drug-likeness (QED) is 0.655. The number of likely N-dealkylation sites (tertiary alicyclic amines) is 1. The van der Waals surface area contributed by atoms with Gasteiger partial charge in [0, 0.05) is 13.1 Å². The molecule has 8 heteroatoms. The second-order valence-electron chi connectivity index (χ2n) is 9.21. The summed E-state index contributed by atoms with van der Waals surface area (Å²) in [7, 11) is 5.66. The first kappa shape index (κ1) is 21.0. The third-order valence-corrected chi connectivity index (χ3v) is 7.18. The summed E-state index contributed by atoms with van der Waals surface area (Å²) in [4.78, 5) is 24.5. The topological polar surface area (TPSA) is 77.2 Å². The molecule has 5 rings (SSSR count). The standard InChI is InChI=1S/C24H32N6O2/c1-28-12-10-16(11-13-28)17-8-9-19(21(14-17)32-3)26-23-25-15-20-22(27-23)30(24(31)29(20)2)18-6-4-5-7-18/h8-9,14-16,18H,4-7,10-13H2,1-3H3,(H,25,26,27). The van der Waals surface area contributed by atoms with Gasteiger partial charge in [0.1, 0.15) is 11.3 Å². The van der Waals surface area contributed by atoms with Crippen molar-refractivity contribution in [1.29, 1.82) is 0 Å². The maximum atomic E-state index is 12.9. The van der Waals surface area contributed by atoms with Gasteiger partial charge in [-0.25, -0.2) is 9.78 Å². The van der Waals surface area contributed by atoms with Crippen LogP contribution in [0.5, 0.6) is 5.75 Å². The zero-order chi connectivity index (χ0) is 22.2. The molecule has 0 radical (unpaired) electrons. The molecule has 32 heavy (non-hydrogen) atoms. The lowest BCUT2D eigenvalue weighted by molar-refractivity contribution is 0.255. The highest BCUT2D eigenvalue weighted by atomic mass is 16.5. The normalized spacial score (nSPS) is 18.5. The molecule has 1 N–H and O–H groups in total. The van der Waals surface area contributed by atoms with Crippen molar-refractivity contribution in [3.63, 3.8) is 0 Å². The summed E-state index contributed by atoms with van der Waals surface area (Å²) in [6, 6.07) is 6.58. The van der Waals surface area contributed by atoms with Gasteiger partial charge in [0.15, 0.2) is 5.65 Å². The summed E-state index contributed by atoms with van der Waals surface area (Å²) in [5.74, 6) is 1.82. The number of piperidine rings is 1. The first-order valence-corrected chi connectivity index (χ1v) is 11.6. The SMILES string of the molecule is COc1cc(C2CCN(C)CC2)ccc1Nc1ncc2c(n1)n(C1CCCC1)c(=O)n2C. The molecule has 1 saturated carbocycles. The Morgan fingerprint density at radius 2 is 1.84 bits per heavy atom. The molecule has 3 heterocycles. The second-order valence-corrected chi connectivity index (χ2v) is 9.21. The van der Waals surface area contributed by atoms with Gasteiger partial charge in [-0.1, -0.05) is 18.9 Å². The van der Waals surface area contributed by atoms with Crippen LogP contribution < -0.4 is 15.7 Å². The van der Waals surface area contributed by atoms with Crippen LogP contribution in [0.4, 0.5) is 11.6 Å². The third kappa shape index (κ3) is 3.77. The number of aromatic nitrogens is 4. The number of aryl methyl sites for hydroxylation is 1. The largest absolute Gasteiger partial charge is 0.495 e. The fraction of sp³-hybridized carbons (Fsp3) is 0.542. The molecular formula is C24H32N6O2. The number of benzene rings is 1. The Kier molecular flexibility index (Phi) is 5.63. The molecule has 0 spiro atoms. The highest BCUT2D eigenvalue weighted by Crippen LogP contribution is 2.35. The highest BCUT2D eigenvalue weighted by Gasteiger charge is 2.24. The maximum absolute atomic E-state index is 12.9. The number of nitrogens with one attached hydrogen (secondary N) is 1. The maximum Gasteiger partial charge on any atom is 0.330 e. The van der Waals surface area contributed by atoms with Crippen LogP contribution in [0.15, 0.2) is 29.2 Å². The van der Waals surface area contributed by atoms with E-state index in [0.717, 1.165) is 55.7 Å². The minimum Gasteiger partial charge on any atom is -0.495 e. The number of rotatable bonds is 5. The van der Waals surface area contributed by atoms with Gasteiger partial charge in [0.25, 0.3) is 0 Å². The van der Waals surface area contributed by atoms with Gasteiger partial charge in [-0.05, 0) is 69.4 Å². The molecule has 0 unspecified atom stereocenters. The van der Waals surface area contributed by atoms with E-state index in [2.05, 4.69) is 40.4 Å². The highest BCUT2D eigenvalue weighted by molar-refractivity contribution is 5.73. The zero-order valence-electron chi connectivity index (χ0n) is 19.2. The first-order chi connectivity index (χ1) is 15.5. The van der Waals surface area contributed by atoms with Crippen LogP contribution in [0.3, 0.4) is 0 Å². The van der Waals surface area contributed by atoms with Crippen LogP contribution in [0.2, 0.25) is 0 Å². The van der Waals surface area contributed by atoms with Crippen molar-refractivity contribution in [3.05, 3.63) is 40.4 Å². The molecule has 170 valence electrons. The number of anilines is 2. The van der Waals surface area contributed by atoms with Crippen molar-refractivity contribution < 1.29 is 4.74 Å². The number of ether oxygens (including phenoxy) is 1. The average Bonchev–Trinajstić information content (AvgIpc) is 3.41. The molecule has 1 aromatic carbocycles. The Bertz CT molecular complexity index is 1170. The lowest BCUT2D eigenvalue weighted by Crippen LogP contribution is -2.29. The van der Waals surface area contributed by atoms with Crippen molar-refractivity contribution in [1.82, 2.24) is 24.0 Å². The van der Waals surface area contributed by atoms with E-state index in [4.69, 9.17) is 9.72 Å². The Hall–Kier alpha value is -2.87. The first-order valence-electron chi connectivity index (χ1n) is 11.6. The molecule has 0 atom stereocenters. The average molecular weight is 437 g/mol. The van der Waals surface area contributed by atoms with E-state index in [1.165, 1.54) is 18.4 Å². The van der Waals surface area contributed by atoms with Crippen LogP contribution >= 0.6 is 0 Å². The summed E-state index contributed by atoms with van der Waals surface area (Å²) >= 11 is 0. The Labute approximate surface area is 188 Å². The van der Waals surface area contributed by atoms with Gasteiger partial charge in [-0.2, -0.15) is 4.98 Å². The molecule has 2 aliphatic rings. The summed E-state index contributed by atoms with van der Waals surface area (Å²) in [6.07, 6.45) is 8.43. The van der Waals surface area contributed by atoms with Crippen molar-refractivity contribution in [2.45, 2.75) is 50.5 Å². The second kappa shape index (κ2) is 8.58. The summed E-state index contributed by atoms with van der Waals surface area (Å²) in [5.41, 5.74) is 3.59. The van der Waals surface area contributed by atoms with Gasteiger partial charge in [-0.3, -0.25) is 9.13 Å².